The van der Waals surface area contributed by atoms with E-state index < -0.39 is 0 Å². The Balaban J connectivity index is 1.89. The number of hydrogen-bond acceptors (Lipinski definition) is 4. The van der Waals surface area contributed by atoms with Gasteiger partial charge in [-0.05, 0) is 47.7 Å². The Kier molecular flexibility index (Phi) is 5.43. The second kappa shape index (κ2) is 7.75. The fourth-order valence-electron chi connectivity index (χ4n) is 3.34. The number of ether oxygens (including phenoxy) is 1. The number of rotatable bonds is 6. The number of benzene rings is 2. The van der Waals surface area contributed by atoms with E-state index in [1.807, 2.05) is 30.3 Å². The summed E-state index contributed by atoms with van der Waals surface area (Å²) in [5.74, 6) is 1.27. The van der Waals surface area contributed by atoms with Gasteiger partial charge in [-0.1, -0.05) is 32.0 Å². The number of hydrogen-bond donors (Lipinski definition) is 1. The highest BCUT2D eigenvalue weighted by Crippen LogP contribution is 2.27. The number of nitrogens with one attached hydrogen (secondary N) is 1. The third-order valence-electron chi connectivity index (χ3n) is 4.66. The van der Waals surface area contributed by atoms with Gasteiger partial charge in [-0.3, -0.25) is 0 Å². The minimum Gasteiger partial charge on any atom is -0.496 e. The highest BCUT2D eigenvalue weighted by Gasteiger charge is 2.11. The standard InChI is InChI=1S/C22H25NO3/c1-14(2)18-11-19-17(10-22(24)26-21(19)9-15(18)3)13-23-12-16-7-5-6-8-20(16)25-4/h5-11,14,23H,12-13H2,1-4H3. The van der Waals surface area contributed by atoms with Crippen LogP contribution in [0.1, 0.15) is 42.0 Å². The topological polar surface area (TPSA) is 51.5 Å². The lowest BCUT2D eigenvalue weighted by molar-refractivity contribution is 0.407. The van der Waals surface area contributed by atoms with Gasteiger partial charge < -0.3 is 14.5 Å². The molecule has 3 rings (SSSR count). The van der Waals surface area contributed by atoms with E-state index in [9.17, 15) is 4.79 Å². The van der Waals surface area contributed by atoms with E-state index in [4.69, 9.17) is 9.15 Å². The third-order valence-corrected chi connectivity index (χ3v) is 4.66. The van der Waals surface area contributed by atoms with Crippen LogP contribution >= 0.6 is 0 Å². The molecule has 0 bridgehead atoms. The highest BCUT2D eigenvalue weighted by molar-refractivity contribution is 5.82. The van der Waals surface area contributed by atoms with Crippen molar-refractivity contribution in [3.63, 3.8) is 0 Å². The Morgan fingerprint density at radius 3 is 2.54 bits per heavy atom. The molecule has 0 aliphatic carbocycles. The molecule has 0 unspecified atom stereocenters. The van der Waals surface area contributed by atoms with Gasteiger partial charge in [0, 0.05) is 30.1 Å². The van der Waals surface area contributed by atoms with Crippen LogP contribution in [0.4, 0.5) is 0 Å². The first-order chi connectivity index (χ1) is 12.5. The van der Waals surface area contributed by atoms with E-state index in [2.05, 4.69) is 32.2 Å². The van der Waals surface area contributed by atoms with Crippen molar-refractivity contribution in [2.45, 2.75) is 39.8 Å². The molecule has 2 aromatic carbocycles. The molecule has 4 nitrogen and oxygen atoms in total. The highest BCUT2D eigenvalue weighted by atomic mass is 16.5. The van der Waals surface area contributed by atoms with Crippen molar-refractivity contribution in [3.8, 4) is 5.75 Å². The van der Waals surface area contributed by atoms with Crippen molar-refractivity contribution < 1.29 is 9.15 Å². The molecule has 1 aromatic heterocycles. The quantitative estimate of drug-likeness (QED) is 0.663. The Bertz CT molecular complexity index is 973. The Morgan fingerprint density at radius 2 is 1.81 bits per heavy atom. The first-order valence-electron chi connectivity index (χ1n) is 8.89. The van der Waals surface area contributed by atoms with E-state index in [0.29, 0.717) is 24.6 Å². The molecule has 0 aliphatic rings. The number of fused-ring (bicyclic) bond motifs is 1. The average molecular weight is 351 g/mol. The maximum Gasteiger partial charge on any atom is 0.336 e. The first kappa shape index (κ1) is 18.2. The van der Waals surface area contributed by atoms with E-state index >= 15 is 0 Å². The van der Waals surface area contributed by atoms with E-state index in [0.717, 1.165) is 27.8 Å². The summed E-state index contributed by atoms with van der Waals surface area (Å²) in [5, 5.41) is 4.41. The van der Waals surface area contributed by atoms with Crippen molar-refractivity contribution in [2.24, 2.45) is 0 Å². The predicted octanol–water partition coefficient (Wildman–Crippen LogP) is 4.52. The molecule has 26 heavy (non-hydrogen) atoms. The van der Waals surface area contributed by atoms with Crippen LogP contribution in [0.2, 0.25) is 0 Å². The van der Waals surface area contributed by atoms with Gasteiger partial charge in [-0.2, -0.15) is 0 Å². The third kappa shape index (κ3) is 3.81. The van der Waals surface area contributed by atoms with Crippen LogP contribution in [-0.2, 0) is 13.1 Å². The van der Waals surface area contributed by atoms with Gasteiger partial charge in [0.05, 0.1) is 7.11 Å². The minimum atomic E-state index is -0.316. The van der Waals surface area contributed by atoms with Crippen LogP contribution < -0.4 is 15.7 Å². The maximum absolute atomic E-state index is 12.0. The lowest BCUT2D eigenvalue weighted by Crippen LogP contribution is -2.15. The summed E-state index contributed by atoms with van der Waals surface area (Å²) in [5.41, 5.74) is 4.79. The number of aryl methyl sites for hydroxylation is 1. The lowest BCUT2D eigenvalue weighted by atomic mass is 9.95. The van der Waals surface area contributed by atoms with Gasteiger partial charge in [-0.15, -0.1) is 0 Å². The van der Waals surface area contributed by atoms with Crippen LogP contribution in [0.15, 0.2) is 51.7 Å². The molecule has 4 heteroatoms. The summed E-state index contributed by atoms with van der Waals surface area (Å²) in [6.45, 7) is 7.65. The summed E-state index contributed by atoms with van der Waals surface area (Å²) in [4.78, 5) is 12.0. The Morgan fingerprint density at radius 1 is 1.08 bits per heavy atom. The molecule has 0 radical (unpaired) electrons. The molecule has 3 aromatic rings. The first-order valence-corrected chi connectivity index (χ1v) is 8.89. The van der Waals surface area contributed by atoms with E-state index in [-0.39, 0.29) is 5.63 Å². The largest absolute Gasteiger partial charge is 0.496 e. The van der Waals surface area contributed by atoms with Gasteiger partial charge in [0.25, 0.3) is 0 Å². The van der Waals surface area contributed by atoms with Crippen molar-refractivity contribution in [1.82, 2.24) is 5.32 Å². The van der Waals surface area contributed by atoms with Crippen molar-refractivity contribution in [2.75, 3.05) is 7.11 Å². The minimum absolute atomic E-state index is 0.316. The molecular weight excluding hydrogens is 326 g/mol. The van der Waals surface area contributed by atoms with Gasteiger partial charge >= 0.3 is 5.63 Å². The molecule has 0 spiro atoms. The van der Waals surface area contributed by atoms with E-state index in [1.54, 1.807) is 13.2 Å². The van der Waals surface area contributed by atoms with Gasteiger partial charge in [0.1, 0.15) is 11.3 Å². The van der Waals surface area contributed by atoms with Gasteiger partial charge in [-0.25, -0.2) is 4.79 Å². The SMILES string of the molecule is COc1ccccc1CNCc1cc(=O)oc2cc(C)c(C(C)C)cc12. The number of para-hydroxylation sites is 1. The monoisotopic (exact) mass is 351 g/mol. The van der Waals surface area contributed by atoms with Crippen molar-refractivity contribution in [3.05, 3.63) is 75.1 Å². The summed E-state index contributed by atoms with van der Waals surface area (Å²) < 4.78 is 10.8. The summed E-state index contributed by atoms with van der Waals surface area (Å²) in [6.07, 6.45) is 0. The fourth-order valence-corrected chi connectivity index (χ4v) is 3.34. The molecule has 0 amide bonds. The van der Waals surface area contributed by atoms with Crippen LogP contribution in [0.25, 0.3) is 11.0 Å². The Labute approximate surface area is 153 Å². The average Bonchev–Trinajstić information content (AvgIpc) is 2.61. The Hall–Kier alpha value is -2.59. The zero-order valence-electron chi connectivity index (χ0n) is 15.8. The smallest absolute Gasteiger partial charge is 0.336 e. The number of methoxy groups -OCH3 is 1. The summed E-state index contributed by atoms with van der Waals surface area (Å²) in [6, 6.07) is 13.6. The van der Waals surface area contributed by atoms with Gasteiger partial charge in [0.2, 0.25) is 0 Å². The molecule has 0 saturated heterocycles. The van der Waals surface area contributed by atoms with Gasteiger partial charge in [0.15, 0.2) is 0 Å². The molecule has 0 aliphatic heterocycles. The fraction of sp³-hybridized carbons (Fsp3) is 0.318. The second-order valence-electron chi connectivity index (χ2n) is 6.87. The van der Waals surface area contributed by atoms with E-state index in [1.165, 1.54) is 5.56 Å². The lowest BCUT2D eigenvalue weighted by Gasteiger charge is -2.14. The zero-order chi connectivity index (χ0) is 18.7. The molecule has 0 saturated carbocycles. The normalized spacial score (nSPS) is 11.3. The van der Waals surface area contributed by atoms with Crippen LogP contribution in [0.3, 0.4) is 0 Å². The van der Waals surface area contributed by atoms with Crippen molar-refractivity contribution in [1.29, 1.82) is 0 Å². The predicted molar refractivity (Wildman–Crippen MR) is 105 cm³/mol. The molecule has 1 N–H and O–H groups in total. The van der Waals surface area contributed by atoms with Crippen LogP contribution in [-0.4, -0.2) is 7.11 Å². The maximum atomic E-state index is 12.0. The molecular formula is C22H25NO3. The second-order valence-corrected chi connectivity index (χ2v) is 6.87. The summed E-state index contributed by atoms with van der Waals surface area (Å²) >= 11 is 0. The van der Waals surface area contributed by atoms with Crippen molar-refractivity contribution >= 4 is 11.0 Å². The molecule has 0 fully saturated rings. The molecule has 1 heterocycles. The molecule has 136 valence electrons. The summed E-state index contributed by atoms with van der Waals surface area (Å²) in [7, 11) is 1.67. The van der Waals surface area contributed by atoms with Crippen LogP contribution in [0, 0.1) is 6.92 Å². The van der Waals surface area contributed by atoms with Crippen LogP contribution in [0.5, 0.6) is 5.75 Å². The molecule has 0 atom stereocenters. The zero-order valence-corrected chi connectivity index (χ0v) is 15.8.